The SMILES string of the molecule is N#Cc1ccc(S(=O)(=O)NCCCCN=[N+]=[N-])cn1. The number of nitrogens with zero attached hydrogens (tertiary/aromatic N) is 5. The lowest BCUT2D eigenvalue weighted by Crippen LogP contribution is -2.25. The summed E-state index contributed by atoms with van der Waals surface area (Å²) in [4.78, 5) is 6.31. The summed E-state index contributed by atoms with van der Waals surface area (Å²) in [7, 11) is -3.60. The van der Waals surface area contributed by atoms with Crippen LogP contribution in [0, 0.1) is 11.3 Å². The van der Waals surface area contributed by atoms with E-state index in [0.29, 0.717) is 19.4 Å². The number of rotatable bonds is 7. The molecule has 0 amide bonds. The standard InChI is InChI=1S/C10H12N6O2S/c11-7-9-3-4-10(8-13-9)19(17,18)15-6-2-1-5-14-16-12/h3-4,8,15H,1-2,5-6H2. The largest absolute Gasteiger partial charge is 0.244 e. The first-order valence-electron chi connectivity index (χ1n) is 5.47. The van der Waals surface area contributed by atoms with Gasteiger partial charge in [0.1, 0.15) is 16.7 Å². The minimum Gasteiger partial charge on any atom is -0.244 e. The maximum Gasteiger partial charge on any atom is 0.242 e. The van der Waals surface area contributed by atoms with Crippen molar-refractivity contribution < 1.29 is 8.42 Å². The van der Waals surface area contributed by atoms with Crippen LogP contribution in [-0.2, 0) is 10.0 Å². The van der Waals surface area contributed by atoms with Crippen molar-refractivity contribution in [2.24, 2.45) is 5.11 Å². The second-order valence-electron chi connectivity index (χ2n) is 3.55. The van der Waals surface area contributed by atoms with Crippen LogP contribution in [0.25, 0.3) is 10.4 Å². The highest BCUT2D eigenvalue weighted by Gasteiger charge is 2.13. The van der Waals surface area contributed by atoms with Crippen molar-refractivity contribution in [3.05, 3.63) is 34.5 Å². The number of hydrogen-bond acceptors (Lipinski definition) is 5. The Morgan fingerprint density at radius 3 is 2.84 bits per heavy atom. The minimum atomic E-state index is -3.60. The maximum atomic E-state index is 11.8. The van der Waals surface area contributed by atoms with E-state index >= 15 is 0 Å². The molecule has 19 heavy (non-hydrogen) atoms. The molecule has 0 aliphatic carbocycles. The summed E-state index contributed by atoms with van der Waals surface area (Å²) in [6.45, 7) is 0.597. The fourth-order valence-corrected chi connectivity index (χ4v) is 2.27. The number of pyridine rings is 1. The van der Waals surface area contributed by atoms with Gasteiger partial charge in [-0.05, 0) is 30.5 Å². The Morgan fingerprint density at radius 2 is 2.26 bits per heavy atom. The van der Waals surface area contributed by atoms with Crippen LogP contribution in [0.1, 0.15) is 18.5 Å². The van der Waals surface area contributed by atoms with Crippen LogP contribution < -0.4 is 4.72 Å². The van der Waals surface area contributed by atoms with Crippen LogP contribution in [0.15, 0.2) is 28.3 Å². The molecule has 0 aromatic carbocycles. The van der Waals surface area contributed by atoms with Crippen LogP contribution in [0.4, 0.5) is 0 Å². The summed E-state index contributed by atoms with van der Waals surface area (Å²) in [6, 6.07) is 4.48. The van der Waals surface area contributed by atoms with Gasteiger partial charge in [-0.25, -0.2) is 18.1 Å². The summed E-state index contributed by atoms with van der Waals surface area (Å²) in [5, 5.41) is 11.9. The molecule has 0 radical (unpaired) electrons. The fourth-order valence-electron chi connectivity index (χ4n) is 1.25. The van der Waals surface area contributed by atoms with Gasteiger partial charge in [0.2, 0.25) is 10.0 Å². The monoisotopic (exact) mass is 280 g/mol. The van der Waals surface area contributed by atoms with E-state index in [1.54, 1.807) is 0 Å². The van der Waals surface area contributed by atoms with Crippen molar-refractivity contribution in [2.75, 3.05) is 13.1 Å². The number of nitriles is 1. The van der Waals surface area contributed by atoms with E-state index < -0.39 is 10.0 Å². The van der Waals surface area contributed by atoms with E-state index in [0.717, 1.165) is 6.20 Å². The van der Waals surface area contributed by atoms with Crippen LogP contribution in [0.2, 0.25) is 0 Å². The van der Waals surface area contributed by atoms with Gasteiger partial charge in [-0.15, -0.1) is 0 Å². The molecule has 0 aliphatic heterocycles. The Morgan fingerprint density at radius 1 is 1.47 bits per heavy atom. The number of nitrogens with one attached hydrogen (secondary N) is 1. The highest BCUT2D eigenvalue weighted by Crippen LogP contribution is 2.07. The van der Waals surface area contributed by atoms with Crippen molar-refractivity contribution >= 4 is 10.0 Å². The average Bonchev–Trinajstić information content (AvgIpc) is 2.43. The van der Waals surface area contributed by atoms with Gasteiger partial charge in [0, 0.05) is 24.2 Å². The van der Waals surface area contributed by atoms with Crippen LogP contribution in [0.3, 0.4) is 0 Å². The highest BCUT2D eigenvalue weighted by molar-refractivity contribution is 7.89. The van der Waals surface area contributed by atoms with Gasteiger partial charge in [-0.1, -0.05) is 5.11 Å². The van der Waals surface area contributed by atoms with Crippen molar-refractivity contribution in [1.82, 2.24) is 9.71 Å². The molecule has 100 valence electrons. The zero-order valence-electron chi connectivity index (χ0n) is 10.0. The first kappa shape index (κ1) is 14.9. The van der Waals surface area contributed by atoms with Gasteiger partial charge in [0.25, 0.3) is 0 Å². The van der Waals surface area contributed by atoms with E-state index in [4.69, 9.17) is 10.8 Å². The van der Waals surface area contributed by atoms with Gasteiger partial charge in [0.15, 0.2) is 0 Å². The van der Waals surface area contributed by atoms with Crippen LogP contribution in [0.5, 0.6) is 0 Å². The lowest BCUT2D eigenvalue weighted by Gasteiger charge is -2.05. The van der Waals surface area contributed by atoms with Crippen LogP contribution in [-0.4, -0.2) is 26.5 Å². The average molecular weight is 280 g/mol. The normalized spacial score (nSPS) is 10.5. The Labute approximate surface area is 110 Å². The molecule has 0 saturated carbocycles. The maximum absolute atomic E-state index is 11.8. The zero-order chi connectivity index (χ0) is 14.1. The summed E-state index contributed by atoms with van der Waals surface area (Å²) >= 11 is 0. The molecular weight excluding hydrogens is 268 g/mol. The third-order valence-corrected chi connectivity index (χ3v) is 3.65. The molecule has 0 spiro atoms. The van der Waals surface area contributed by atoms with E-state index in [-0.39, 0.29) is 17.1 Å². The molecule has 1 aromatic heterocycles. The van der Waals surface area contributed by atoms with Crippen molar-refractivity contribution in [3.8, 4) is 6.07 Å². The Hall–Kier alpha value is -2.14. The number of azide groups is 1. The summed E-state index contributed by atoms with van der Waals surface area (Å²) in [5.41, 5.74) is 8.22. The molecule has 8 nitrogen and oxygen atoms in total. The first-order valence-corrected chi connectivity index (χ1v) is 6.95. The molecule has 1 aromatic rings. The summed E-state index contributed by atoms with van der Waals surface area (Å²) < 4.78 is 26.0. The van der Waals surface area contributed by atoms with Gasteiger partial charge in [0.05, 0.1) is 0 Å². The molecule has 1 heterocycles. The Bertz CT molecular complexity index is 598. The lowest BCUT2D eigenvalue weighted by molar-refractivity contribution is 0.576. The first-order chi connectivity index (χ1) is 9.10. The van der Waals surface area contributed by atoms with E-state index in [1.165, 1.54) is 12.1 Å². The summed E-state index contributed by atoms with van der Waals surface area (Å²) in [5.74, 6) is 0. The van der Waals surface area contributed by atoms with E-state index in [1.807, 2.05) is 6.07 Å². The number of hydrogen-bond donors (Lipinski definition) is 1. The number of aromatic nitrogens is 1. The molecule has 0 atom stereocenters. The number of sulfonamides is 1. The summed E-state index contributed by atoms with van der Waals surface area (Å²) in [6.07, 6.45) is 2.32. The zero-order valence-corrected chi connectivity index (χ0v) is 10.8. The molecule has 0 unspecified atom stereocenters. The third kappa shape index (κ3) is 4.93. The quantitative estimate of drug-likeness (QED) is 0.349. The molecule has 9 heteroatoms. The smallest absolute Gasteiger partial charge is 0.242 e. The predicted molar refractivity (Wildman–Crippen MR) is 67.4 cm³/mol. The van der Waals surface area contributed by atoms with Crippen molar-refractivity contribution in [2.45, 2.75) is 17.7 Å². The number of unbranched alkanes of at least 4 members (excludes halogenated alkanes) is 1. The lowest BCUT2D eigenvalue weighted by atomic mass is 10.3. The minimum absolute atomic E-state index is 0.0153. The Balaban J connectivity index is 2.51. The van der Waals surface area contributed by atoms with E-state index in [9.17, 15) is 8.42 Å². The topological polar surface area (TPSA) is 132 Å². The molecule has 1 rings (SSSR count). The van der Waals surface area contributed by atoms with Gasteiger partial charge < -0.3 is 0 Å². The van der Waals surface area contributed by atoms with Crippen LogP contribution >= 0.6 is 0 Å². The van der Waals surface area contributed by atoms with Gasteiger partial charge in [-0.2, -0.15) is 5.26 Å². The van der Waals surface area contributed by atoms with Crippen molar-refractivity contribution in [3.63, 3.8) is 0 Å². The van der Waals surface area contributed by atoms with E-state index in [2.05, 4.69) is 19.7 Å². The highest BCUT2D eigenvalue weighted by atomic mass is 32.2. The fraction of sp³-hybridized carbons (Fsp3) is 0.400. The molecule has 0 saturated heterocycles. The second-order valence-corrected chi connectivity index (χ2v) is 5.32. The molecule has 1 N–H and O–H groups in total. The molecular formula is C10H12N6O2S. The predicted octanol–water partition coefficient (Wildman–Crippen LogP) is 1.32. The Kier molecular flexibility index (Phi) is 5.75. The van der Waals surface area contributed by atoms with Gasteiger partial charge in [-0.3, -0.25) is 0 Å². The van der Waals surface area contributed by atoms with Gasteiger partial charge >= 0.3 is 0 Å². The third-order valence-electron chi connectivity index (χ3n) is 2.20. The second kappa shape index (κ2) is 7.33. The molecule has 0 aliphatic rings. The molecule has 0 bridgehead atoms. The van der Waals surface area contributed by atoms with Crippen molar-refractivity contribution in [1.29, 1.82) is 5.26 Å². The molecule has 0 fully saturated rings.